The zero-order valence-corrected chi connectivity index (χ0v) is 16.6. The number of rotatable bonds is 3. The highest BCUT2D eigenvalue weighted by molar-refractivity contribution is 8.00. The molecule has 0 aliphatic carbocycles. The van der Waals surface area contributed by atoms with Gasteiger partial charge in [-0.2, -0.15) is 13.2 Å². The van der Waals surface area contributed by atoms with Gasteiger partial charge in [0.25, 0.3) is 0 Å². The molecule has 0 aromatic heterocycles. The Balaban J connectivity index is 1.64. The van der Waals surface area contributed by atoms with E-state index in [9.17, 15) is 18.0 Å². The van der Waals surface area contributed by atoms with Gasteiger partial charge in [0, 0.05) is 10.7 Å². The number of halogens is 4. The summed E-state index contributed by atoms with van der Waals surface area (Å²) >= 11 is 7.25. The molecular formula is C22H15ClF3NOS. The number of hydrogen-bond donors (Lipinski definition) is 0. The smallest absolute Gasteiger partial charge is 0.295 e. The van der Waals surface area contributed by atoms with Gasteiger partial charge in [-0.15, -0.1) is 11.8 Å². The lowest BCUT2D eigenvalue weighted by molar-refractivity contribution is -0.137. The fourth-order valence-electron chi connectivity index (χ4n) is 3.28. The first-order valence-corrected chi connectivity index (χ1v) is 10.2. The number of anilines is 1. The first-order valence-electron chi connectivity index (χ1n) is 8.80. The van der Waals surface area contributed by atoms with Crippen molar-refractivity contribution in [1.29, 1.82) is 0 Å². The normalized spacial score (nSPS) is 17.0. The van der Waals surface area contributed by atoms with Gasteiger partial charge in [-0.25, -0.2) is 0 Å². The number of hydrogen-bond acceptors (Lipinski definition) is 2. The lowest BCUT2D eigenvalue weighted by atomic mass is 10.0. The first kappa shape index (κ1) is 19.9. The Morgan fingerprint density at radius 1 is 0.931 bits per heavy atom. The monoisotopic (exact) mass is 433 g/mol. The van der Waals surface area contributed by atoms with E-state index in [1.54, 1.807) is 23.1 Å². The molecule has 0 N–H and O–H groups in total. The number of nitrogens with zero attached hydrogens (tertiary/aromatic N) is 1. The fraction of sp³-hybridized carbons (Fsp3) is 0.136. The predicted molar refractivity (Wildman–Crippen MR) is 111 cm³/mol. The molecule has 7 heteroatoms. The summed E-state index contributed by atoms with van der Waals surface area (Å²) in [5, 5.41) is 0.153. The molecule has 1 unspecified atom stereocenters. The molecule has 2 nitrogen and oxygen atoms in total. The predicted octanol–water partition coefficient (Wildman–Crippen LogP) is 6.80. The maximum atomic E-state index is 13.1. The topological polar surface area (TPSA) is 20.3 Å². The van der Waals surface area contributed by atoms with Crippen LogP contribution in [0.15, 0.2) is 72.8 Å². The minimum absolute atomic E-state index is 0.128. The zero-order valence-electron chi connectivity index (χ0n) is 15.0. The number of benzene rings is 3. The highest BCUT2D eigenvalue weighted by Crippen LogP contribution is 2.43. The quantitative estimate of drug-likeness (QED) is 0.452. The second kappa shape index (κ2) is 7.76. The Kier molecular flexibility index (Phi) is 5.32. The van der Waals surface area contributed by atoms with Crippen LogP contribution >= 0.6 is 23.4 Å². The minimum Gasteiger partial charge on any atom is -0.295 e. The van der Waals surface area contributed by atoms with Gasteiger partial charge in [-0.05, 0) is 53.1 Å². The molecule has 1 heterocycles. The van der Waals surface area contributed by atoms with Crippen LogP contribution in [0, 0.1) is 0 Å². The molecule has 4 rings (SSSR count). The van der Waals surface area contributed by atoms with Crippen LogP contribution in [0.2, 0.25) is 5.02 Å². The Bertz CT molecular complexity index is 1040. The molecule has 0 bridgehead atoms. The van der Waals surface area contributed by atoms with Crippen LogP contribution in [0.25, 0.3) is 11.1 Å². The van der Waals surface area contributed by atoms with Crippen molar-refractivity contribution in [2.45, 2.75) is 11.6 Å². The maximum absolute atomic E-state index is 13.1. The molecule has 1 aliphatic rings. The van der Waals surface area contributed by atoms with Crippen LogP contribution in [0.1, 0.15) is 16.5 Å². The average molecular weight is 434 g/mol. The largest absolute Gasteiger partial charge is 0.416 e. The van der Waals surface area contributed by atoms with Crippen molar-refractivity contribution < 1.29 is 18.0 Å². The van der Waals surface area contributed by atoms with Crippen molar-refractivity contribution in [2.75, 3.05) is 10.7 Å². The van der Waals surface area contributed by atoms with Gasteiger partial charge in [-0.3, -0.25) is 9.69 Å². The summed E-state index contributed by atoms with van der Waals surface area (Å²) in [6.45, 7) is 0. The molecule has 0 spiro atoms. The van der Waals surface area contributed by atoms with E-state index in [0.717, 1.165) is 23.3 Å². The van der Waals surface area contributed by atoms with Crippen molar-refractivity contribution in [3.05, 3.63) is 88.9 Å². The molecule has 1 amide bonds. The van der Waals surface area contributed by atoms with E-state index < -0.39 is 17.1 Å². The molecule has 148 valence electrons. The SMILES string of the molecule is O=C1CSC(c2cccc(C(F)(F)F)c2)N1c1ccc(-c2ccc(Cl)cc2)cc1. The number of amides is 1. The lowest BCUT2D eigenvalue weighted by Crippen LogP contribution is -2.27. The Labute approximate surface area is 175 Å². The van der Waals surface area contributed by atoms with Crippen molar-refractivity contribution in [3.8, 4) is 11.1 Å². The number of alkyl halides is 3. The van der Waals surface area contributed by atoms with Gasteiger partial charge in [-0.1, -0.05) is 48.0 Å². The third kappa shape index (κ3) is 4.14. The molecule has 3 aromatic carbocycles. The Morgan fingerprint density at radius 2 is 1.55 bits per heavy atom. The van der Waals surface area contributed by atoms with E-state index in [4.69, 9.17) is 11.6 Å². The van der Waals surface area contributed by atoms with Crippen LogP contribution in [0.5, 0.6) is 0 Å². The maximum Gasteiger partial charge on any atom is 0.416 e. The van der Waals surface area contributed by atoms with E-state index in [1.165, 1.54) is 17.8 Å². The summed E-state index contributed by atoms with van der Waals surface area (Å²) in [5.41, 5.74) is 2.34. The summed E-state index contributed by atoms with van der Waals surface area (Å²) in [6.07, 6.45) is -4.42. The van der Waals surface area contributed by atoms with Crippen molar-refractivity contribution in [1.82, 2.24) is 0 Å². The summed E-state index contributed by atoms with van der Waals surface area (Å²) in [5.74, 6) is 0.0940. The molecule has 0 saturated carbocycles. The zero-order chi connectivity index (χ0) is 20.6. The molecule has 1 fully saturated rings. The van der Waals surface area contributed by atoms with E-state index in [1.807, 2.05) is 36.4 Å². The summed E-state index contributed by atoms with van der Waals surface area (Å²) in [6, 6.07) is 20.0. The molecule has 29 heavy (non-hydrogen) atoms. The van der Waals surface area contributed by atoms with Crippen molar-refractivity contribution in [2.24, 2.45) is 0 Å². The summed E-state index contributed by atoms with van der Waals surface area (Å²) in [4.78, 5) is 14.1. The number of carbonyl (C=O) groups is 1. The van der Waals surface area contributed by atoms with Gasteiger partial charge in [0.2, 0.25) is 5.91 Å². The molecule has 3 aromatic rings. The Hall–Kier alpha value is -2.44. The molecule has 0 radical (unpaired) electrons. The van der Waals surface area contributed by atoms with Crippen LogP contribution < -0.4 is 4.90 Å². The average Bonchev–Trinajstić information content (AvgIpc) is 3.10. The molecular weight excluding hydrogens is 419 g/mol. The van der Waals surface area contributed by atoms with Gasteiger partial charge >= 0.3 is 6.18 Å². The fourth-order valence-corrected chi connectivity index (χ4v) is 4.57. The highest BCUT2D eigenvalue weighted by Gasteiger charge is 2.36. The molecule has 1 aliphatic heterocycles. The van der Waals surface area contributed by atoms with Crippen molar-refractivity contribution in [3.63, 3.8) is 0 Å². The minimum atomic E-state index is -4.42. The second-order valence-corrected chi connectivity index (χ2v) is 8.11. The standard InChI is InChI=1S/C22H15ClF3NOS/c23-18-8-4-14(5-9-18)15-6-10-19(11-7-15)27-20(28)13-29-21(27)16-2-1-3-17(12-16)22(24,25)26/h1-12,21H,13H2. The van der Waals surface area contributed by atoms with Gasteiger partial charge in [0.05, 0.1) is 11.3 Å². The third-order valence-corrected chi connectivity index (χ3v) is 6.15. The first-order chi connectivity index (χ1) is 13.8. The van der Waals surface area contributed by atoms with Crippen LogP contribution in [-0.2, 0) is 11.0 Å². The lowest BCUT2D eigenvalue weighted by Gasteiger charge is -2.25. The number of carbonyl (C=O) groups excluding carboxylic acids is 1. The summed E-state index contributed by atoms with van der Waals surface area (Å²) in [7, 11) is 0. The van der Waals surface area contributed by atoms with Crippen LogP contribution in [0.3, 0.4) is 0 Å². The van der Waals surface area contributed by atoms with Gasteiger partial charge in [0.1, 0.15) is 5.37 Å². The van der Waals surface area contributed by atoms with E-state index in [-0.39, 0.29) is 11.7 Å². The van der Waals surface area contributed by atoms with E-state index >= 15 is 0 Å². The highest BCUT2D eigenvalue weighted by atomic mass is 35.5. The van der Waals surface area contributed by atoms with E-state index in [0.29, 0.717) is 16.3 Å². The van der Waals surface area contributed by atoms with Gasteiger partial charge < -0.3 is 0 Å². The summed E-state index contributed by atoms with van der Waals surface area (Å²) < 4.78 is 39.3. The molecule has 1 atom stereocenters. The van der Waals surface area contributed by atoms with E-state index in [2.05, 4.69) is 0 Å². The molecule has 1 saturated heterocycles. The number of thioether (sulfide) groups is 1. The second-order valence-electron chi connectivity index (χ2n) is 6.60. The Morgan fingerprint density at radius 3 is 2.17 bits per heavy atom. The van der Waals surface area contributed by atoms with Crippen LogP contribution in [-0.4, -0.2) is 11.7 Å². The third-order valence-electron chi connectivity index (χ3n) is 4.69. The van der Waals surface area contributed by atoms with Crippen LogP contribution in [0.4, 0.5) is 18.9 Å². The van der Waals surface area contributed by atoms with Crippen molar-refractivity contribution >= 4 is 35.0 Å². The van der Waals surface area contributed by atoms with Gasteiger partial charge in [0.15, 0.2) is 0 Å².